The molecule has 1 aliphatic carbocycles. The predicted octanol–water partition coefficient (Wildman–Crippen LogP) is 1.90. The smallest absolute Gasteiger partial charge is 0.251 e. The maximum Gasteiger partial charge on any atom is 0.251 e. The Morgan fingerprint density at radius 3 is 2.72 bits per heavy atom. The molecule has 3 atom stereocenters. The van der Waals surface area contributed by atoms with Crippen LogP contribution in [0.1, 0.15) is 48.0 Å². The monoisotopic (exact) mass is 347 g/mol. The van der Waals surface area contributed by atoms with Gasteiger partial charge < -0.3 is 16.0 Å². The molecule has 1 heterocycles. The van der Waals surface area contributed by atoms with Gasteiger partial charge in [0.15, 0.2) is 0 Å². The molecule has 1 aromatic carbocycles. The van der Waals surface area contributed by atoms with E-state index in [0.717, 1.165) is 12.8 Å². The zero-order valence-electron chi connectivity index (χ0n) is 14.6. The maximum absolute atomic E-state index is 13.5. The fraction of sp³-hybridized carbons (Fsp3) is 0.579. The van der Waals surface area contributed by atoms with Crippen LogP contribution in [-0.4, -0.2) is 37.0 Å². The van der Waals surface area contributed by atoms with Crippen LogP contribution in [0.2, 0.25) is 0 Å². The number of hydrogen-bond acceptors (Lipinski definition) is 3. The van der Waals surface area contributed by atoms with Crippen molar-refractivity contribution in [2.24, 2.45) is 5.92 Å². The second-order valence-electron chi connectivity index (χ2n) is 7.12. The van der Waals surface area contributed by atoms with Crippen molar-refractivity contribution in [3.63, 3.8) is 0 Å². The summed E-state index contributed by atoms with van der Waals surface area (Å²) in [5, 5.41) is 9.01. The Morgan fingerprint density at radius 1 is 1.20 bits per heavy atom. The largest absolute Gasteiger partial charge is 0.353 e. The summed E-state index contributed by atoms with van der Waals surface area (Å²) in [6.07, 6.45) is 5.80. The molecular formula is C19H26FN3O2. The van der Waals surface area contributed by atoms with Gasteiger partial charge >= 0.3 is 0 Å². The summed E-state index contributed by atoms with van der Waals surface area (Å²) < 4.78 is 13.5. The van der Waals surface area contributed by atoms with Gasteiger partial charge in [0.25, 0.3) is 5.91 Å². The number of halogens is 1. The lowest BCUT2D eigenvalue weighted by atomic mass is 9.85. The second-order valence-corrected chi connectivity index (χ2v) is 7.12. The molecular weight excluding hydrogens is 321 g/mol. The fourth-order valence-electron chi connectivity index (χ4n) is 3.84. The first kappa shape index (κ1) is 17.9. The molecule has 0 aromatic heterocycles. The van der Waals surface area contributed by atoms with E-state index < -0.39 is 5.82 Å². The summed E-state index contributed by atoms with van der Waals surface area (Å²) in [4.78, 5) is 24.2. The van der Waals surface area contributed by atoms with E-state index in [1.807, 2.05) is 0 Å². The van der Waals surface area contributed by atoms with Gasteiger partial charge in [-0.25, -0.2) is 4.39 Å². The third-order valence-corrected chi connectivity index (χ3v) is 5.32. The molecule has 2 fully saturated rings. The minimum absolute atomic E-state index is 0.00466. The van der Waals surface area contributed by atoms with Crippen molar-refractivity contribution in [2.45, 2.75) is 51.1 Å². The van der Waals surface area contributed by atoms with Crippen molar-refractivity contribution >= 4 is 11.8 Å². The number of hydrogen-bond donors (Lipinski definition) is 3. The molecule has 2 aliphatic rings. The molecule has 3 rings (SSSR count). The van der Waals surface area contributed by atoms with E-state index in [1.54, 1.807) is 19.1 Å². The van der Waals surface area contributed by atoms with Crippen LogP contribution in [-0.2, 0) is 4.79 Å². The fourth-order valence-corrected chi connectivity index (χ4v) is 3.84. The molecule has 1 saturated carbocycles. The first-order chi connectivity index (χ1) is 12.0. The van der Waals surface area contributed by atoms with Crippen molar-refractivity contribution in [3.8, 4) is 0 Å². The highest BCUT2D eigenvalue weighted by atomic mass is 19.1. The lowest BCUT2D eigenvalue weighted by molar-refractivity contribution is -0.122. The lowest BCUT2D eigenvalue weighted by Crippen LogP contribution is -2.45. The highest BCUT2D eigenvalue weighted by Gasteiger charge is 2.37. The summed E-state index contributed by atoms with van der Waals surface area (Å²) in [6, 6.07) is 4.77. The quantitative estimate of drug-likeness (QED) is 0.713. The molecule has 0 bridgehead atoms. The molecule has 1 aliphatic heterocycles. The molecule has 2 amide bonds. The van der Waals surface area contributed by atoms with Crippen molar-refractivity contribution in [2.75, 3.05) is 13.1 Å². The standard InChI is InChI=1S/C19H26FN3O2/c1-12-6-7-14(10-15(12)20)18(24)21-8-9-22-19(25)17-11-13-4-2-3-5-16(13)23-17/h6-7,10,13,16-17,23H,2-5,8-9,11H2,1H3,(H,21,24)(H,22,25). The highest BCUT2D eigenvalue weighted by molar-refractivity contribution is 5.94. The van der Waals surface area contributed by atoms with E-state index in [4.69, 9.17) is 0 Å². The van der Waals surface area contributed by atoms with Gasteiger partial charge in [-0.05, 0) is 49.8 Å². The van der Waals surface area contributed by atoms with Gasteiger partial charge in [-0.1, -0.05) is 18.9 Å². The summed E-state index contributed by atoms with van der Waals surface area (Å²) >= 11 is 0. The molecule has 5 nitrogen and oxygen atoms in total. The first-order valence-corrected chi connectivity index (χ1v) is 9.12. The molecule has 3 unspecified atom stereocenters. The van der Waals surface area contributed by atoms with Crippen LogP contribution < -0.4 is 16.0 Å². The Bertz CT molecular complexity index is 636. The molecule has 1 aromatic rings. The van der Waals surface area contributed by atoms with E-state index in [2.05, 4.69) is 16.0 Å². The average Bonchev–Trinajstić information content (AvgIpc) is 3.05. The number of carbonyl (C=O) groups is 2. The molecule has 1 saturated heterocycles. The van der Waals surface area contributed by atoms with Crippen LogP contribution in [0.4, 0.5) is 4.39 Å². The van der Waals surface area contributed by atoms with Gasteiger partial charge in [0.1, 0.15) is 5.82 Å². The van der Waals surface area contributed by atoms with Crippen molar-refractivity contribution in [3.05, 3.63) is 35.1 Å². The van der Waals surface area contributed by atoms with E-state index in [0.29, 0.717) is 30.6 Å². The van der Waals surface area contributed by atoms with E-state index >= 15 is 0 Å². The van der Waals surface area contributed by atoms with E-state index in [-0.39, 0.29) is 23.4 Å². The van der Waals surface area contributed by atoms with Gasteiger partial charge in [0.2, 0.25) is 5.91 Å². The number of aryl methyl sites for hydroxylation is 1. The third kappa shape index (κ3) is 4.37. The highest BCUT2D eigenvalue weighted by Crippen LogP contribution is 2.33. The van der Waals surface area contributed by atoms with Gasteiger partial charge in [0, 0.05) is 24.7 Å². The molecule has 6 heteroatoms. The molecule has 25 heavy (non-hydrogen) atoms. The number of rotatable bonds is 5. The Morgan fingerprint density at radius 2 is 1.96 bits per heavy atom. The Kier molecular flexibility index (Phi) is 5.68. The van der Waals surface area contributed by atoms with Gasteiger partial charge in [-0.3, -0.25) is 9.59 Å². The molecule has 0 radical (unpaired) electrons. The molecule has 0 spiro atoms. The first-order valence-electron chi connectivity index (χ1n) is 9.12. The van der Waals surface area contributed by atoms with E-state index in [1.165, 1.54) is 25.3 Å². The van der Waals surface area contributed by atoms with Crippen molar-refractivity contribution in [1.82, 2.24) is 16.0 Å². The third-order valence-electron chi connectivity index (χ3n) is 5.32. The van der Waals surface area contributed by atoms with Crippen LogP contribution in [0.5, 0.6) is 0 Å². The topological polar surface area (TPSA) is 70.2 Å². The Hall–Kier alpha value is -1.95. The number of carbonyl (C=O) groups excluding carboxylic acids is 2. The average molecular weight is 347 g/mol. The minimum Gasteiger partial charge on any atom is -0.353 e. The van der Waals surface area contributed by atoms with Gasteiger partial charge in [-0.15, -0.1) is 0 Å². The van der Waals surface area contributed by atoms with Crippen LogP contribution in [0.3, 0.4) is 0 Å². The lowest BCUT2D eigenvalue weighted by Gasteiger charge is -2.24. The van der Waals surface area contributed by atoms with Gasteiger partial charge in [0.05, 0.1) is 6.04 Å². The normalized spacial score (nSPS) is 25.3. The second kappa shape index (κ2) is 7.95. The van der Waals surface area contributed by atoms with Crippen molar-refractivity contribution in [1.29, 1.82) is 0 Å². The van der Waals surface area contributed by atoms with Crippen LogP contribution >= 0.6 is 0 Å². The number of amides is 2. The summed E-state index contributed by atoms with van der Waals surface area (Å²) in [7, 11) is 0. The summed E-state index contributed by atoms with van der Waals surface area (Å²) in [5.74, 6) is -0.0986. The van der Waals surface area contributed by atoms with Crippen molar-refractivity contribution < 1.29 is 14.0 Å². The predicted molar refractivity (Wildman–Crippen MR) is 93.8 cm³/mol. The zero-order valence-corrected chi connectivity index (χ0v) is 14.6. The molecule has 136 valence electrons. The maximum atomic E-state index is 13.5. The van der Waals surface area contributed by atoms with Crippen LogP contribution in [0.25, 0.3) is 0 Å². The molecule has 3 N–H and O–H groups in total. The van der Waals surface area contributed by atoms with E-state index in [9.17, 15) is 14.0 Å². The minimum atomic E-state index is -0.394. The van der Waals surface area contributed by atoms with Crippen LogP contribution in [0, 0.1) is 18.7 Å². The summed E-state index contributed by atoms with van der Waals surface area (Å²) in [6.45, 7) is 2.34. The number of benzene rings is 1. The van der Waals surface area contributed by atoms with Gasteiger partial charge in [-0.2, -0.15) is 0 Å². The number of nitrogens with one attached hydrogen (secondary N) is 3. The Labute approximate surface area is 147 Å². The Balaban J connectivity index is 1.38. The summed E-state index contributed by atoms with van der Waals surface area (Å²) in [5.41, 5.74) is 0.796. The zero-order chi connectivity index (χ0) is 17.8. The number of fused-ring (bicyclic) bond motifs is 1. The SMILES string of the molecule is Cc1ccc(C(=O)NCCNC(=O)C2CC3CCCCC3N2)cc1F. The van der Waals surface area contributed by atoms with Crippen LogP contribution in [0.15, 0.2) is 18.2 Å².